The zero-order chi connectivity index (χ0) is 15.9. The molecule has 6 heteroatoms. The van der Waals surface area contributed by atoms with Gasteiger partial charge in [-0.2, -0.15) is 0 Å². The Balaban J connectivity index is 0.00000144. The lowest BCUT2D eigenvalue weighted by atomic mass is 9.90. The summed E-state index contributed by atoms with van der Waals surface area (Å²) < 4.78 is 0. The number of benzene rings is 2. The van der Waals surface area contributed by atoms with Crippen LogP contribution in [-0.4, -0.2) is 49.5 Å². The molecule has 0 saturated carbocycles. The van der Waals surface area contributed by atoms with Crippen molar-refractivity contribution in [1.82, 2.24) is 9.80 Å². The van der Waals surface area contributed by atoms with Crippen molar-refractivity contribution in [3.8, 4) is 0 Å². The first-order chi connectivity index (χ1) is 10.5. The van der Waals surface area contributed by atoms with E-state index in [0.29, 0.717) is 0 Å². The second kappa shape index (κ2) is 7.66. The van der Waals surface area contributed by atoms with Crippen molar-refractivity contribution in [3.63, 3.8) is 0 Å². The molecule has 0 spiro atoms. The molecule has 2 N–H and O–H groups in total. The highest BCUT2D eigenvalue weighted by Gasteiger charge is 2.34. The average Bonchev–Trinajstić information content (AvgIpc) is 2.51. The van der Waals surface area contributed by atoms with E-state index in [-0.39, 0.29) is 30.0 Å². The molecule has 2 aromatic carbocycles. The first-order valence-corrected chi connectivity index (χ1v) is 7.38. The molecule has 0 atom stereocenters. The van der Waals surface area contributed by atoms with E-state index >= 15 is 0 Å². The van der Waals surface area contributed by atoms with Gasteiger partial charge >= 0.3 is 6.03 Å². The number of carbonyl (C=O) groups is 1. The number of hydrogen-bond acceptors (Lipinski definition) is 2. The number of halogens is 1. The van der Waals surface area contributed by atoms with Gasteiger partial charge in [-0.15, -0.1) is 12.4 Å². The number of para-hydroxylation sites is 2. The van der Waals surface area contributed by atoms with Gasteiger partial charge in [0.05, 0.1) is 17.4 Å². The second-order valence-electron chi connectivity index (χ2n) is 6.00. The predicted octanol–water partition coefficient (Wildman–Crippen LogP) is 3.07. The van der Waals surface area contributed by atoms with Crippen LogP contribution in [0.4, 0.5) is 16.2 Å². The molecule has 0 fully saturated rings. The lowest BCUT2D eigenvalue weighted by Gasteiger charge is -2.39. The highest BCUT2D eigenvalue weighted by molar-refractivity contribution is 6.02. The summed E-state index contributed by atoms with van der Waals surface area (Å²) in [5.41, 5.74) is 4.22. The molecule has 0 aliphatic carbocycles. The zero-order valence-electron chi connectivity index (χ0n) is 14.4. The highest BCUT2D eigenvalue weighted by Crippen LogP contribution is 2.46. The Morgan fingerprint density at radius 1 is 0.875 bits per heavy atom. The van der Waals surface area contributed by atoms with Crippen LogP contribution in [0.3, 0.4) is 0 Å². The van der Waals surface area contributed by atoms with E-state index < -0.39 is 0 Å². The van der Waals surface area contributed by atoms with Crippen molar-refractivity contribution in [2.75, 3.05) is 33.1 Å². The summed E-state index contributed by atoms with van der Waals surface area (Å²) in [5, 5.41) is 0. The van der Waals surface area contributed by atoms with E-state index in [1.807, 2.05) is 41.3 Å². The molecule has 0 aromatic heterocycles. The van der Waals surface area contributed by atoms with Crippen LogP contribution >= 0.6 is 12.4 Å². The molecular formula is C18H24ClN3O2. The fraction of sp³-hybridized carbons (Fsp3) is 0.278. The van der Waals surface area contributed by atoms with Crippen LogP contribution in [0.25, 0.3) is 0 Å². The van der Waals surface area contributed by atoms with Gasteiger partial charge < -0.3 is 10.4 Å². The van der Waals surface area contributed by atoms with Gasteiger partial charge in [-0.1, -0.05) is 36.4 Å². The summed E-state index contributed by atoms with van der Waals surface area (Å²) in [6.45, 7) is 0. The summed E-state index contributed by atoms with van der Waals surface area (Å²) in [7, 11) is 7.71. The third kappa shape index (κ3) is 3.11. The maximum Gasteiger partial charge on any atom is 0.328 e. The molecule has 2 aromatic rings. The maximum absolute atomic E-state index is 12.7. The van der Waals surface area contributed by atoms with Crippen molar-refractivity contribution in [3.05, 3.63) is 59.7 Å². The van der Waals surface area contributed by atoms with Crippen molar-refractivity contribution in [2.24, 2.45) is 0 Å². The SMILES string of the molecule is CN(C)C(=O)N1c2ccccc2C(N(C)C)c2ccccc21.Cl.O. The van der Waals surface area contributed by atoms with E-state index in [2.05, 4.69) is 31.1 Å². The Hall–Kier alpha value is -2.08. The van der Waals surface area contributed by atoms with Gasteiger partial charge in [-0.3, -0.25) is 9.80 Å². The topological polar surface area (TPSA) is 58.3 Å². The molecular weight excluding hydrogens is 326 g/mol. The molecule has 0 saturated heterocycles. The Bertz CT molecular complexity index is 671. The number of fused-ring (bicyclic) bond motifs is 2. The normalized spacial score (nSPS) is 12.6. The molecule has 3 rings (SSSR count). The minimum absolute atomic E-state index is 0. The van der Waals surface area contributed by atoms with Gasteiger partial charge in [0.25, 0.3) is 0 Å². The number of nitrogens with zero attached hydrogens (tertiary/aromatic N) is 3. The van der Waals surface area contributed by atoms with Crippen molar-refractivity contribution >= 4 is 29.8 Å². The quantitative estimate of drug-likeness (QED) is 0.794. The van der Waals surface area contributed by atoms with Crippen molar-refractivity contribution in [2.45, 2.75) is 6.04 Å². The van der Waals surface area contributed by atoms with E-state index in [1.54, 1.807) is 19.0 Å². The van der Waals surface area contributed by atoms with E-state index in [9.17, 15) is 4.79 Å². The summed E-state index contributed by atoms with van der Waals surface area (Å²) in [5.74, 6) is 0. The largest absolute Gasteiger partial charge is 0.412 e. The standard InChI is InChI=1S/C18H21N3O.ClH.H2O/c1-19(2)17-13-9-5-7-11-15(13)21(18(22)20(3)4)16-12-8-6-10-14(16)17;;/h5-12,17H,1-4H3;1H;1H2. The maximum atomic E-state index is 12.7. The number of anilines is 2. The molecule has 130 valence electrons. The number of urea groups is 1. The molecule has 0 unspecified atom stereocenters. The third-order valence-corrected chi connectivity index (χ3v) is 4.03. The van der Waals surface area contributed by atoms with Gasteiger partial charge in [0.1, 0.15) is 0 Å². The van der Waals surface area contributed by atoms with Gasteiger partial charge in [-0.05, 0) is 37.4 Å². The van der Waals surface area contributed by atoms with Crippen LogP contribution in [-0.2, 0) is 0 Å². The Labute approximate surface area is 149 Å². The fourth-order valence-electron chi connectivity index (χ4n) is 3.10. The number of carbonyl (C=O) groups excluding carboxylic acids is 1. The monoisotopic (exact) mass is 349 g/mol. The first kappa shape index (κ1) is 20.0. The number of rotatable bonds is 1. The average molecular weight is 350 g/mol. The third-order valence-electron chi connectivity index (χ3n) is 4.03. The number of amides is 2. The second-order valence-corrected chi connectivity index (χ2v) is 6.00. The summed E-state index contributed by atoms with van der Waals surface area (Å²) in [6, 6.07) is 16.4. The Morgan fingerprint density at radius 3 is 1.67 bits per heavy atom. The Kier molecular flexibility index (Phi) is 6.37. The van der Waals surface area contributed by atoms with Gasteiger partial charge in [0.15, 0.2) is 0 Å². The van der Waals surface area contributed by atoms with Crippen LogP contribution < -0.4 is 4.90 Å². The van der Waals surface area contributed by atoms with Crippen LogP contribution in [0, 0.1) is 0 Å². The van der Waals surface area contributed by atoms with E-state index in [4.69, 9.17) is 0 Å². The van der Waals surface area contributed by atoms with E-state index in [1.165, 1.54) is 0 Å². The fourth-order valence-corrected chi connectivity index (χ4v) is 3.10. The molecule has 0 radical (unpaired) electrons. The summed E-state index contributed by atoms with van der Waals surface area (Å²) >= 11 is 0. The Morgan fingerprint density at radius 2 is 1.29 bits per heavy atom. The first-order valence-electron chi connectivity index (χ1n) is 7.38. The molecule has 24 heavy (non-hydrogen) atoms. The summed E-state index contributed by atoms with van der Waals surface area (Å²) in [6.07, 6.45) is 0. The number of hydrogen-bond donors (Lipinski definition) is 0. The van der Waals surface area contributed by atoms with Gasteiger partial charge in [-0.25, -0.2) is 4.79 Å². The van der Waals surface area contributed by atoms with Crippen molar-refractivity contribution in [1.29, 1.82) is 0 Å². The lowest BCUT2D eigenvalue weighted by Crippen LogP contribution is -2.40. The predicted molar refractivity (Wildman–Crippen MR) is 100 cm³/mol. The molecule has 0 bridgehead atoms. The molecule has 1 aliphatic heterocycles. The molecule has 1 aliphatic rings. The summed E-state index contributed by atoms with van der Waals surface area (Å²) in [4.78, 5) is 18.4. The minimum Gasteiger partial charge on any atom is -0.412 e. The zero-order valence-corrected chi connectivity index (χ0v) is 15.2. The van der Waals surface area contributed by atoms with E-state index in [0.717, 1.165) is 22.5 Å². The van der Waals surface area contributed by atoms with Crippen LogP contribution in [0.5, 0.6) is 0 Å². The smallest absolute Gasteiger partial charge is 0.328 e. The molecule has 1 heterocycles. The van der Waals surface area contributed by atoms with Crippen molar-refractivity contribution < 1.29 is 10.3 Å². The van der Waals surface area contributed by atoms with Crippen LogP contribution in [0.1, 0.15) is 17.2 Å². The van der Waals surface area contributed by atoms with Gasteiger partial charge in [0.2, 0.25) is 0 Å². The molecule has 5 nitrogen and oxygen atoms in total. The van der Waals surface area contributed by atoms with Crippen LogP contribution in [0.15, 0.2) is 48.5 Å². The minimum atomic E-state index is -0.0305. The van der Waals surface area contributed by atoms with Gasteiger partial charge in [0, 0.05) is 14.1 Å². The molecule has 2 amide bonds. The highest BCUT2D eigenvalue weighted by atomic mass is 35.5. The van der Waals surface area contributed by atoms with Crippen LogP contribution in [0.2, 0.25) is 0 Å². The lowest BCUT2D eigenvalue weighted by molar-refractivity contribution is 0.226.